The van der Waals surface area contributed by atoms with E-state index >= 15 is 0 Å². The SMILES string of the molecule is CC[C@H]1CN2CCc3c([nH]c4ccccc34)[C@@H]2C(C=O)/C1=C(/C=O)C(=O)O. The Balaban J connectivity index is 1.92. The third kappa shape index (κ3) is 2.63. The van der Waals surface area contributed by atoms with Crippen LogP contribution in [-0.2, 0) is 20.8 Å². The first kappa shape index (κ1) is 17.7. The molecule has 1 aromatic heterocycles. The number of carbonyl (C=O) groups excluding carboxylic acids is 2. The van der Waals surface area contributed by atoms with Gasteiger partial charge >= 0.3 is 5.97 Å². The Hall–Kier alpha value is -2.73. The number of carboxylic acids is 1. The van der Waals surface area contributed by atoms with E-state index in [1.54, 1.807) is 0 Å². The van der Waals surface area contributed by atoms with E-state index in [1.165, 1.54) is 5.56 Å². The number of carbonyl (C=O) groups is 3. The van der Waals surface area contributed by atoms with E-state index in [4.69, 9.17) is 0 Å². The summed E-state index contributed by atoms with van der Waals surface area (Å²) in [5.74, 6) is -2.02. The number of hydrogen-bond donors (Lipinski definition) is 2. The van der Waals surface area contributed by atoms with Gasteiger partial charge in [0.1, 0.15) is 6.29 Å². The fraction of sp³-hybridized carbons (Fsp3) is 0.381. The van der Waals surface area contributed by atoms with Crippen LogP contribution in [-0.4, -0.2) is 46.6 Å². The fourth-order valence-corrected chi connectivity index (χ4v) is 4.89. The molecule has 1 fully saturated rings. The van der Waals surface area contributed by atoms with Gasteiger partial charge in [0.15, 0.2) is 6.29 Å². The third-order valence-electron chi connectivity index (χ3n) is 6.08. The second-order valence-electron chi connectivity index (χ2n) is 7.31. The molecule has 1 aromatic carbocycles. The van der Waals surface area contributed by atoms with Crippen LogP contribution in [0.25, 0.3) is 10.9 Å². The lowest BCUT2D eigenvalue weighted by Gasteiger charge is -2.47. The Kier molecular flexibility index (Phi) is 4.44. The zero-order valence-corrected chi connectivity index (χ0v) is 15.1. The van der Waals surface area contributed by atoms with E-state index in [9.17, 15) is 19.5 Å². The van der Waals surface area contributed by atoms with Crippen molar-refractivity contribution in [1.82, 2.24) is 9.88 Å². The summed E-state index contributed by atoms with van der Waals surface area (Å²) < 4.78 is 0. The molecule has 0 aliphatic carbocycles. The lowest BCUT2D eigenvalue weighted by molar-refractivity contribution is -0.133. The summed E-state index contributed by atoms with van der Waals surface area (Å²) in [5, 5.41) is 10.7. The number of nitrogens with zero attached hydrogens (tertiary/aromatic N) is 1. The van der Waals surface area contributed by atoms with Gasteiger partial charge < -0.3 is 14.9 Å². The molecule has 27 heavy (non-hydrogen) atoms. The van der Waals surface area contributed by atoms with Gasteiger partial charge in [0.05, 0.1) is 17.5 Å². The molecule has 3 atom stereocenters. The Morgan fingerprint density at radius 3 is 2.78 bits per heavy atom. The van der Waals surface area contributed by atoms with Crippen molar-refractivity contribution in [2.24, 2.45) is 11.8 Å². The summed E-state index contributed by atoms with van der Waals surface area (Å²) in [5.41, 5.74) is 3.40. The minimum absolute atomic E-state index is 0.112. The maximum absolute atomic E-state index is 12.2. The van der Waals surface area contributed by atoms with Crippen molar-refractivity contribution in [3.63, 3.8) is 0 Å². The quantitative estimate of drug-likeness (QED) is 0.376. The van der Waals surface area contributed by atoms with Crippen molar-refractivity contribution >= 4 is 29.4 Å². The number of aromatic amines is 1. The number of para-hydroxylation sites is 1. The molecule has 6 heteroatoms. The summed E-state index contributed by atoms with van der Waals surface area (Å²) in [7, 11) is 0. The highest BCUT2D eigenvalue weighted by Crippen LogP contribution is 2.47. The number of nitrogens with one attached hydrogen (secondary N) is 1. The minimum atomic E-state index is -1.26. The predicted octanol–water partition coefficient (Wildman–Crippen LogP) is 2.50. The van der Waals surface area contributed by atoms with Gasteiger partial charge in [0.25, 0.3) is 0 Å². The molecule has 2 aromatic rings. The predicted molar refractivity (Wildman–Crippen MR) is 100 cm³/mol. The molecule has 0 bridgehead atoms. The highest BCUT2D eigenvalue weighted by atomic mass is 16.4. The fourth-order valence-electron chi connectivity index (χ4n) is 4.89. The van der Waals surface area contributed by atoms with Crippen LogP contribution >= 0.6 is 0 Å². The lowest BCUT2D eigenvalue weighted by atomic mass is 9.72. The highest BCUT2D eigenvalue weighted by Gasteiger charge is 2.45. The van der Waals surface area contributed by atoms with E-state index < -0.39 is 11.9 Å². The summed E-state index contributed by atoms with van der Waals surface area (Å²) in [6.45, 7) is 3.44. The maximum atomic E-state index is 12.2. The average Bonchev–Trinajstić information content (AvgIpc) is 3.06. The van der Waals surface area contributed by atoms with Crippen LogP contribution < -0.4 is 0 Å². The van der Waals surface area contributed by atoms with Crippen molar-refractivity contribution in [2.75, 3.05) is 13.1 Å². The molecule has 0 spiro atoms. The lowest BCUT2D eigenvalue weighted by Crippen LogP contribution is -2.49. The molecule has 2 aliphatic rings. The van der Waals surface area contributed by atoms with Gasteiger partial charge in [-0.2, -0.15) is 0 Å². The van der Waals surface area contributed by atoms with Crippen LogP contribution in [0.5, 0.6) is 0 Å². The van der Waals surface area contributed by atoms with Gasteiger partial charge in [-0.15, -0.1) is 0 Å². The van der Waals surface area contributed by atoms with Crippen molar-refractivity contribution in [3.8, 4) is 0 Å². The average molecular weight is 366 g/mol. The molecule has 2 aliphatic heterocycles. The number of benzene rings is 1. The van der Waals surface area contributed by atoms with E-state index in [0.29, 0.717) is 24.8 Å². The summed E-state index contributed by atoms with van der Waals surface area (Å²) in [4.78, 5) is 41.1. The first-order valence-corrected chi connectivity index (χ1v) is 9.32. The smallest absolute Gasteiger partial charge is 0.339 e. The number of carboxylic acid groups (broad SMARTS) is 1. The van der Waals surface area contributed by atoms with Crippen LogP contribution in [0.3, 0.4) is 0 Å². The normalized spacial score (nSPS) is 26.9. The van der Waals surface area contributed by atoms with Crippen LogP contribution in [0.1, 0.15) is 30.6 Å². The summed E-state index contributed by atoms with van der Waals surface area (Å²) in [6.07, 6.45) is 2.78. The van der Waals surface area contributed by atoms with E-state index in [1.807, 2.05) is 25.1 Å². The molecule has 140 valence electrons. The molecule has 0 amide bonds. The van der Waals surface area contributed by atoms with Gasteiger partial charge in [-0.3, -0.25) is 9.69 Å². The first-order chi connectivity index (χ1) is 13.1. The Bertz CT molecular complexity index is 958. The number of H-pyrrole nitrogens is 1. The van der Waals surface area contributed by atoms with Gasteiger partial charge in [-0.25, -0.2) is 4.79 Å². The van der Waals surface area contributed by atoms with Gasteiger partial charge in [0.2, 0.25) is 0 Å². The third-order valence-corrected chi connectivity index (χ3v) is 6.08. The van der Waals surface area contributed by atoms with E-state index in [-0.39, 0.29) is 17.5 Å². The van der Waals surface area contributed by atoms with E-state index in [2.05, 4.69) is 16.0 Å². The number of rotatable bonds is 4. The van der Waals surface area contributed by atoms with Crippen LogP contribution in [0.4, 0.5) is 0 Å². The van der Waals surface area contributed by atoms with Crippen molar-refractivity contribution < 1.29 is 19.5 Å². The maximum Gasteiger partial charge on any atom is 0.339 e. The number of aromatic nitrogens is 1. The molecular formula is C21H22N2O4. The van der Waals surface area contributed by atoms with Crippen LogP contribution in [0.15, 0.2) is 35.4 Å². The molecule has 0 saturated carbocycles. The second-order valence-corrected chi connectivity index (χ2v) is 7.31. The molecular weight excluding hydrogens is 344 g/mol. The Labute approximate surface area is 156 Å². The first-order valence-electron chi connectivity index (χ1n) is 9.32. The van der Waals surface area contributed by atoms with Crippen LogP contribution in [0.2, 0.25) is 0 Å². The summed E-state index contributed by atoms with van der Waals surface area (Å²) in [6, 6.07) is 7.78. The molecule has 0 radical (unpaired) electrons. The number of piperidine rings is 1. The number of aldehydes is 2. The topological polar surface area (TPSA) is 90.5 Å². The van der Waals surface area contributed by atoms with Gasteiger partial charge in [-0.1, -0.05) is 25.1 Å². The second kappa shape index (κ2) is 6.78. The molecule has 6 nitrogen and oxygen atoms in total. The number of hydrogen-bond acceptors (Lipinski definition) is 4. The highest BCUT2D eigenvalue weighted by molar-refractivity contribution is 6.08. The Morgan fingerprint density at radius 2 is 2.11 bits per heavy atom. The molecule has 3 heterocycles. The number of aliphatic carboxylic acids is 1. The largest absolute Gasteiger partial charge is 0.478 e. The molecule has 1 saturated heterocycles. The van der Waals surface area contributed by atoms with Gasteiger partial charge in [-0.05, 0) is 36.0 Å². The zero-order chi connectivity index (χ0) is 19.1. The van der Waals surface area contributed by atoms with Gasteiger partial charge in [0, 0.05) is 29.7 Å². The minimum Gasteiger partial charge on any atom is -0.478 e. The van der Waals surface area contributed by atoms with Crippen molar-refractivity contribution in [2.45, 2.75) is 25.8 Å². The Morgan fingerprint density at radius 1 is 1.33 bits per heavy atom. The summed E-state index contributed by atoms with van der Waals surface area (Å²) >= 11 is 0. The van der Waals surface area contributed by atoms with Crippen molar-refractivity contribution in [3.05, 3.63) is 46.7 Å². The molecule has 4 rings (SSSR count). The number of fused-ring (bicyclic) bond motifs is 5. The monoisotopic (exact) mass is 366 g/mol. The molecule has 1 unspecified atom stereocenters. The molecule has 2 N–H and O–H groups in total. The van der Waals surface area contributed by atoms with Crippen molar-refractivity contribution in [1.29, 1.82) is 0 Å². The van der Waals surface area contributed by atoms with Crippen LogP contribution in [0, 0.1) is 11.8 Å². The standard InChI is InChI=1S/C21H22N2O4/c1-2-12-9-23-8-7-14-13-5-3-4-6-17(13)22-19(14)20(23)15(10-24)18(12)16(11-25)21(26)27/h3-6,10-12,15,20,22H,2,7-9H2,1H3,(H,26,27)/b18-16-/t12-,15?,20-/m0/s1. The zero-order valence-electron chi connectivity index (χ0n) is 15.1. The van der Waals surface area contributed by atoms with E-state index in [0.717, 1.165) is 35.8 Å².